The molecule has 1 aromatic carbocycles. The van der Waals surface area contributed by atoms with Crippen LogP contribution in [0.5, 0.6) is 11.5 Å². The van der Waals surface area contributed by atoms with Gasteiger partial charge in [-0.1, -0.05) is 6.07 Å². The van der Waals surface area contributed by atoms with Gasteiger partial charge in [-0.05, 0) is 62.4 Å². The second kappa shape index (κ2) is 7.84. The monoisotopic (exact) mass is 421 g/mol. The van der Waals surface area contributed by atoms with Gasteiger partial charge in [-0.25, -0.2) is 0 Å². The molecule has 2 saturated heterocycles. The van der Waals surface area contributed by atoms with Crippen molar-refractivity contribution in [2.45, 2.75) is 63.4 Å². The van der Waals surface area contributed by atoms with Crippen molar-refractivity contribution in [1.82, 2.24) is 14.5 Å². The highest BCUT2D eigenvalue weighted by atomic mass is 16.5. The Morgan fingerprint density at radius 2 is 1.81 bits per heavy atom. The fourth-order valence-electron chi connectivity index (χ4n) is 5.73. The largest absolute Gasteiger partial charge is 0.493 e. The predicted octanol–water partition coefficient (Wildman–Crippen LogP) is 3.92. The summed E-state index contributed by atoms with van der Waals surface area (Å²) >= 11 is 0. The minimum atomic E-state index is -0.688. The van der Waals surface area contributed by atoms with Gasteiger partial charge in [0.2, 0.25) is 0 Å². The highest BCUT2D eigenvalue weighted by Gasteiger charge is 2.47. The van der Waals surface area contributed by atoms with Crippen LogP contribution in [-0.2, 0) is 13.1 Å². The zero-order chi connectivity index (χ0) is 21.6. The summed E-state index contributed by atoms with van der Waals surface area (Å²) in [5.74, 6) is 1.52. The van der Waals surface area contributed by atoms with E-state index in [4.69, 9.17) is 9.47 Å². The number of ether oxygens (including phenoxy) is 2. The molecule has 0 spiro atoms. The van der Waals surface area contributed by atoms with E-state index in [-0.39, 0.29) is 0 Å². The molecule has 1 N–H and O–H groups in total. The molecular formula is C25H31N3O3. The summed E-state index contributed by atoms with van der Waals surface area (Å²) in [4.78, 5) is 6.88. The van der Waals surface area contributed by atoms with Gasteiger partial charge in [-0.15, -0.1) is 0 Å². The van der Waals surface area contributed by atoms with Gasteiger partial charge in [-0.3, -0.25) is 9.88 Å². The Morgan fingerprint density at radius 3 is 2.52 bits per heavy atom. The lowest BCUT2D eigenvalue weighted by atomic mass is 9.85. The number of methoxy groups -OCH3 is 2. The van der Waals surface area contributed by atoms with Crippen LogP contribution in [0.1, 0.15) is 36.9 Å². The van der Waals surface area contributed by atoms with E-state index in [1.807, 2.05) is 24.5 Å². The molecule has 2 fully saturated rings. The van der Waals surface area contributed by atoms with Crippen LogP contribution < -0.4 is 9.47 Å². The van der Waals surface area contributed by atoms with E-state index in [2.05, 4.69) is 39.6 Å². The Balaban J connectivity index is 1.34. The molecule has 31 heavy (non-hydrogen) atoms. The van der Waals surface area contributed by atoms with Crippen molar-refractivity contribution in [3.8, 4) is 11.5 Å². The number of hydrogen-bond donors (Lipinski definition) is 1. The van der Waals surface area contributed by atoms with Gasteiger partial charge in [0.1, 0.15) is 0 Å². The van der Waals surface area contributed by atoms with Gasteiger partial charge in [0.05, 0.1) is 38.1 Å². The minimum absolute atomic E-state index is 0.400. The maximum atomic E-state index is 11.6. The molecular weight excluding hydrogens is 390 g/mol. The second-order valence-electron chi connectivity index (χ2n) is 9.19. The molecule has 0 radical (unpaired) electrons. The molecule has 2 aliphatic rings. The number of rotatable bonds is 6. The first-order valence-corrected chi connectivity index (χ1v) is 11.1. The number of nitrogens with zero attached hydrogens (tertiary/aromatic N) is 3. The van der Waals surface area contributed by atoms with Crippen molar-refractivity contribution in [3.05, 3.63) is 54.0 Å². The van der Waals surface area contributed by atoms with Gasteiger partial charge in [0.25, 0.3) is 0 Å². The smallest absolute Gasteiger partial charge is 0.161 e. The molecule has 3 aromatic rings. The van der Waals surface area contributed by atoms with Crippen LogP contribution in [0.3, 0.4) is 0 Å². The van der Waals surface area contributed by atoms with Crippen molar-refractivity contribution in [2.24, 2.45) is 0 Å². The molecule has 2 bridgehead atoms. The normalized spacial score (nSPS) is 25.8. The Bertz CT molecular complexity index is 1080. The molecule has 4 heterocycles. The number of hydrogen-bond acceptors (Lipinski definition) is 5. The zero-order valence-corrected chi connectivity index (χ0v) is 18.5. The number of aliphatic hydroxyl groups is 1. The summed E-state index contributed by atoms with van der Waals surface area (Å²) in [5, 5.41) is 12.8. The molecule has 2 aromatic heterocycles. The number of pyridine rings is 1. The van der Waals surface area contributed by atoms with Crippen molar-refractivity contribution >= 4 is 10.9 Å². The highest BCUT2D eigenvalue weighted by molar-refractivity contribution is 5.80. The van der Waals surface area contributed by atoms with E-state index in [1.165, 1.54) is 16.6 Å². The lowest BCUT2D eigenvalue weighted by Crippen LogP contribution is -2.52. The van der Waals surface area contributed by atoms with Crippen molar-refractivity contribution in [3.63, 3.8) is 0 Å². The summed E-state index contributed by atoms with van der Waals surface area (Å²) in [6.07, 6.45) is 7.63. The third kappa shape index (κ3) is 3.68. The number of benzene rings is 1. The maximum absolute atomic E-state index is 11.6. The van der Waals surface area contributed by atoms with Crippen LogP contribution in [0.2, 0.25) is 0 Å². The first kappa shape index (κ1) is 20.3. The summed E-state index contributed by atoms with van der Waals surface area (Å²) in [6.45, 7) is 3.62. The Labute approximate surface area is 183 Å². The van der Waals surface area contributed by atoms with Crippen LogP contribution in [-0.4, -0.2) is 51.5 Å². The third-order valence-electron chi connectivity index (χ3n) is 7.18. The molecule has 5 rings (SSSR count). The standard InChI is InChI=1S/C25H31N3O3/c1-17-10-19-8-9-26-14-22(19)28(17)16-25(29)12-20-5-6-21(13-25)27(20)15-18-4-7-23(30-2)24(11-18)31-3/h4,7-11,14,20-21,29H,5-6,12-13,15-16H2,1-3H3/t20-,21-/m1/s1. The van der Waals surface area contributed by atoms with E-state index < -0.39 is 5.60 Å². The van der Waals surface area contributed by atoms with E-state index in [0.717, 1.165) is 49.2 Å². The van der Waals surface area contributed by atoms with E-state index >= 15 is 0 Å². The highest BCUT2D eigenvalue weighted by Crippen LogP contribution is 2.43. The molecule has 2 aliphatic heterocycles. The molecule has 2 atom stereocenters. The fraction of sp³-hybridized carbons (Fsp3) is 0.480. The van der Waals surface area contributed by atoms with Gasteiger partial charge in [-0.2, -0.15) is 0 Å². The number of aromatic nitrogens is 2. The predicted molar refractivity (Wildman–Crippen MR) is 121 cm³/mol. The molecule has 0 saturated carbocycles. The van der Waals surface area contributed by atoms with Crippen molar-refractivity contribution < 1.29 is 14.6 Å². The van der Waals surface area contributed by atoms with Crippen molar-refractivity contribution in [1.29, 1.82) is 0 Å². The van der Waals surface area contributed by atoms with Crippen LogP contribution in [0.4, 0.5) is 0 Å². The van der Waals surface area contributed by atoms with Crippen LogP contribution in [0, 0.1) is 6.92 Å². The average molecular weight is 422 g/mol. The molecule has 164 valence electrons. The third-order valence-corrected chi connectivity index (χ3v) is 7.18. The van der Waals surface area contributed by atoms with Crippen molar-refractivity contribution in [2.75, 3.05) is 14.2 Å². The maximum Gasteiger partial charge on any atom is 0.161 e. The quantitative estimate of drug-likeness (QED) is 0.654. The Hall–Kier alpha value is -2.57. The molecule has 6 heteroatoms. The minimum Gasteiger partial charge on any atom is -0.493 e. The second-order valence-corrected chi connectivity index (χ2v) is 9.19. The Morgan fingerprint density at radius 1 is 1.06 bits per heavy atom. The first-order chi connectivity index (χ1) is 15.0. The van der Waals surface area contributed by atoms with E-state index in [0.29, 0.717) is 18.6 Å². The van der Waals surface area contributed by atoms with Gasteiger partial charge in [0, 0.05) is 35.9 Å². The molecule has 6 nitrogen and oxygen atoms in total. The summed E-state index contributed by atoms with van der Waals surface area (Å²) < 4.78 is 13.1. The Kier molecular flexibility index (Phi) is 5.15. The SMILES string of the molecule is COc1ccc(CN2[C@@H]3CC[C@@H]2CC(O)(Cn2c(C)cc4ccncc42)C3)cc1OC. The summed E-state index contributed by atoms with van der Waals surface area (Å²) in [6, 6.07) is 11.2. The van der Waals surface area contributed by atoms with E-state index in [1.54, 1.807) is 14.2 Å². The fourth-order valence-corrected chi connectivity index (χ4v) is 5.73. The average Bonchev–Trinajstić information content (AvgIpc) is 3.20. The summed E-state index contributed by atoms with van der Waals surface area (Å²) in [5.41, 5.74) is 2.82. The van der Waals surface area contributed by atoms with Crippen LogP contribution >= 0.6 is 0 Å². The van der Waals surface area contributed by atoms with Crippen LogP contribution in [0.15, 0.2) is 42.7 Å². The van der Waals surface area contributed by atoms with Crippen LogP contribution in [0.25, 0.3) is 10.9 Å². The number of fused-ring (bicyclic) bond motifs is 3. The summed E-state index contributed by atoms with van der Waals surface area (Å²) in [7, 11) is 3.34. The zero-order valence-electron chi connectivity index (χ0n) is 18.5. The van der Waals surface area contributed by atoms with Gasteiger partial charge < -0.3 is 19.1 Å². The van der Waals surface area contributed by atoms with E-state index in [9.17, 15) is 5.11 Å². The lowest BCUT2D eigenvalue weighted by Gasteiger charge is -2.44. The number of piperidine rings is 1. The van der Waals surface area contributed by atoms with Gasteiger partial charge in [0.15, 0.2) is 11.5 Å². The topological polar surface area (TPSA) is 59.8 Å². The molecule has 0 amide bonds. The molecule has 0 unspecified atom stereocenters. The first-order valence-electron chi connectivity index (χ1n) is 11.1. The lowest BCUT2D eigenvalue weighted by molar-refractivity contribution is -0.0647. The number of aryl methyl sites for hydroxylation is 1. The molecule has 0 aliphatic carbocycles. The van der Waals surface area contributed by atoms with Gasteiger partial charge >= 0.3 is 0 Å².